The summed E-state index contributed by atoms with van der Waals surface area (Å²) in [7, 11) is 0. The fraction of sp³-hybridized carbons (Fsp3) is 0.308. The molecule has 0 amide bonds. The Morgan fingerprint density at radius 3 is 2.47 bits per heavy atom. The van der Waals surface area contributed by atoms with Crippen LogP contribution in [0.1, 0.15) is 35.3 Å². The lowest BCUT2D eigenvalue weighted by atomic mass is 10.0. The number of carbonyl (C=O) groups is 1. The second-order valence-corrected chi connectivity index (χ2v) is 4.42. The number of hydrogen-bond donors (Lipinski definition) is 1. The van der Waals surface area contributed by atoms with Gasteiger partial charge in [0, 0.05) is 5.56 Å². The summed E-state index contributed by atoms with van der Waals surface area (Å²) >= 11 is 4.42. The average Bonchev–Trinajstić information content (AvgIpc) is 2.21. The van der Waals surface area contributed by atoms with Crippen molar-refractivity contribution in [1.82, 2.24) is 0 Å². The van der Waals surface area contributed by atoms with Crippen LogP contribution in [0.2, 0.25) is 0 Å². The van der Waals surface area contributed by atoms with Crippen LogP contribution >= 0.6 is 12.6 Å². The molecule has 1 nitrogen and oxygen atoms in total. The van der Waals surface area contributed by atoms with Gasteiger partial charge < -0.3 is 0 Å². The third-order valence-electron chi connectivity index (χ3n) is 2.44. The van der Waals surface area contributed by atoms with Gasteiger partial charge in [0.2, 0.25) is 0 Å². The van der Waals surface area contributed by atoms with Crippen LogP contribution in [0.4, 0.5) is 0 Å². The van der Waals surface area contributed by atoms with Gasteiger partial charge in [0.1, 0.15) is 6.29 Å². The Hall–Kier alpha value is -1.02. The topological polar surface area (TPSA) is 17.1 Å². The zero-order chi connectivity index (χ0) is 11.4. The van der Waals surface area contributed by atoms with Gasteiger partial charge in [-0.05, 0) is 34.9 Å². The van der Waals surface area contributed by atoms with E-state index in [2.05, 4.69) is 26.5 Å². The monoisotopic (exact) mass is 220 g/mol. The Bertz CT molecular complexity index is 392. The molecule has 0 saturated carbocycles. The van der Waals surface area contributed by atoms with Crippen LogP contribution in [-0.4, -0.2) is 6.29 Å². The van der Waals surface area contributed by atoms with Gasteiger partial charge in [0.25, 0.3) is 0 Å². The Morgan fingerprint density at radius 1 is 1.33 bits per heavy atom. The third-order valence-corrected chi connectivity index (χ3v) is 3.08. The highest BCUT2D eigenvalue weighted by molar-refractivity contribution is 7.84. The second kappa shape index (κ2) is 5.17. The van der Waals surface area contributed by atoms with Crippen molar-refractivity contribution in [3.63, 3.8) is 0 Å². The quantitative estimate of drug-likeness (QED) is 0.606. The van der Waals surface area contributed by atoms with Crippen LogP contribution in [0.5, 0.6) is 0 Å². The Morgan fingerprint density at radius 2 is 1.93 bits per heavy atom. The molecule has 0 N–H and O–H groups in total. The first-order valence-electron chi connectivity index (χ1n) is 5.01. The Labute approximate surface area is 96.6 Å². The first-order valence-corrected chi connectivity index (χ1v) is 5.46. The molecule has 0 aliphatic rings. The van der Waals surface area contributed by atoms with E-state index < -0.39 is 0 Å². The molecule has 0 saturated heterocycles. The Balaban J connectivity index is 3.16. The minimum atomic E-state index is 0.410. The lowest BCUT2D eigenvalue weighted by Gasteiger charge is -2.07. The van der Waals surface area contributed by atoms with Crippen molar-refractivity contribution in [2.45, 2.75) is 20.8 Å². The highest BCUT2D eigenvalue weighted by Gasteiger charge is 2.03. The van der Waals surface area contributed by atoms with Crippen LogP contribution in [-0.2, 0) is 0 Å². The van der Waals surface area contributed by atoms with Crippen LogP contribution in [0.15, 0.2) is 23.1 Å². The van der Waals surface area contributed by atoms with Crippen molar-refractivity contribution in [2.75, 3.05) is 0 Å². The normalized spacial score (nSPS) is 11.9. The number of benzene rings is 1. The van der Waals surface area contributed by atoms with Gasteiger partial charge >= 0.3 is 0 Å². The molecule has 0 aliphatic carbocycles. The number of hydrogen-bond acceptors (Lipinski definition) is 2. The standard InChI is InChI=1S/C13H16OS/c1-9(2)13(15)7-11-5-4-6-12(8-14)10(11)3/h4-9,15H,1-3H3/b13-7-. The van der Waals surface area contributed by atoms with Crippen LogP contribution in [0, 0.1) is 12.8 Å². The van der Waals surface area contributed by atoms with Crippen molar-refractivity contribution in [1.29, 1.82) is 0 Å². The second-order valence-electron chi connectivity index (χ2n) is 3.90. The maximum Gasteiger partial charge on any atom is 0.150 e. The van der Waals surface area contributed by atoms with Gasteiger partial charge in [-0.15, -0.1) is 12.6 Å². The SMILES string of the molecule is Cc1c(C=O)cccc1/C=C(\S)C(C)C. The van der Waals surface area contributed by atoms with Crippen LogP contribution in [0.3, 0.4) is 0 Å². The zero-order valence-electron chi connectivity index (χ0n) is 9.32. The first-order chi connectivity index (χ1) is 7.06. The summed E-state index contributed by atoms with van der Waals surface area (Å²) in [4.78, 5) is 11.8. The van der Waals surface area contributed by atoms with E-state index in [1.807, 2.05) is 31.2 Å². The van der Waals surface area contributed by atoms with Gasteiger partial charge in [-0.2, -0.15) is 0 Å². The predicted molar refractivity (Wildman–Crippen MR) is 68.4 cm³/mol. The summed E-state index contributed by atoms with van der Waals surface area (Å²) < 4.78 is 0. The van der Waals surface area contributed by atoms with E-state index in [1.165, 1.54) is 0 Å². The Kier molecular flexibility index (Phi) is 4.15. The van der Waals surface area contributed by atoms with E-state index in [1.54, 1.807) is 0 Å². The number of aldehydes is 1. The van der Waals surface area contributed by atoms with E-state index in [0.29, 0.717) is 5.92 Å². The molecule has 0 aromatic heterocycles. The first kappa shape index (κ1) is 12.1. The van der Waals surface area contributed by atoms with Crippen molar-refractivity contribution >= 4 is 25.0 Å². The molecule has 0 unspecified atom stereocenters. The van der Waals surface area contributed by atoms with E-state index in [9.17, 15) is 4.79 Å². The van der Waals surface area contributed by atoms with Gasteiger partial charge in [0.05, 0.1) is 0 Å². The van der Waals surface area contributed by atoms with Gasteiger partial charge in [0.15, 0.2) is 0 Å². The fourth-order valence-electron chi connectivity index (χ4n) is 1.28. The molecule has 1 rings (SSSR count). The van der Waals surface area contributed by atoms with Gasteiger partial charge in [-0.3, -0.25) is 4.79 Å². The van der Waals surface area contributed by atoms with Crippen LogP contribution < -0.4 is 0 Å². The van der Waals surface area contributed by atoms with E-state index >= 15 is 0 Å². The van der Waals surface area contributed by atoms with E-state index in [0.717, 1.165) is 27.9 Å². The summed E-state index contributed by atoms with van der Waals surface area (Å²) in [5, 5.41) is 0. The molecule has 0 heterocycles. The molecule has 0 radical (unpaired) electrons. The molecule has 0 fully saturated rings. The molecule has 0 atom stereocenters. The summed E-state index contributed by atoms with van der Waals surface area (Å²) in [6, 6.07) is 5.72. The van der Waals surface area contributed by atoms with Crippen molar-refractivity contribution < 1.29 is 4.79 Å². The molecular weight excluding hydrogens is 204 g/mol. The van der Waals surface area contributed by atoms with Crippen molar-refractivity contribution in [3.8, 4) is 0 Å². The lowest BCUT2D eigenvalue weighted by Crippen LogP contribution is -1.91. The highest BCUT2D eigenvalue weighted by Crippen LogP contribution is 2.21. The van der Waals surface area contributed by atoms with Gasteiger partial charge in [-0.1, -0.05) is 32.0 Å². The third kappa shape index (κ3) is 2.96. The maximum atomic E-state index is 10.8. The van der Waals surface area contributed by atoms with E-state index in [-0.39, 0.29) is 0 Å². The highest BCUT2D eigenvalue weighted by atomic mass is 32.1. The molecule has 2 heteroatoms. The summed E-state index contributed by atoms with van der Waals surface area (Å²) in [5.74, 6) is 0.410. The fourth-order valence-corrected chi connectivity index (χ4v) is 1.42. The van der Waals surface area contributed by atoms with Crippen molar-refractivity contribution in [3.05, 3.63) is 39.8 Å². The van der Waals surface area contributed by atoms with Crippen LogP contribution in [0.25, 0.3) is 6.08 Å². The number of allylic oxidation sites excluding steroid dienone is 1. The molecule has 0 spiro atoms. The largest absolute Gasteiger partial charge is 0.298 e. The smallest absolute Gasteiger partial charge is 0.150 e. The molecule has 1 aromatic rings. The maximum absolute atomic E-state index is 10.8. The molecule has 1 aromatic carbocycles. The number of rotatable bonds is 3. The minimum absolute atomic E-state index is 0.410. The van der Waals surface area contributed by atoms with Gasteiger partial charge in [-0.25, -0.2) is 0 Å². The summed E-state index contributed by atoms with van der Waals surface area (Å²) in [5.41, 5.74) is 2.83. The molecule has 80 valence electrons. The van der Waals surface area contributed by atoms with Crippen molar-refractivity contribution in [2.24, 2.45) is 5.92 Å². The lowest BCUT2D eigenvalue weighted by molar-refractivity contribution is 0.112. The summed E-state index contributed by atoms with van der Waals surface area (Å²) in [6.45, 7) is 6.15. The molecule has 0 aliphatic heterocycles. The zero-order valence-corrected chi connectivity index (χ0v) is 10.2. The molecular formula is C13H16OS. The van der Waals surface area contributed by atoms with E-state index in [4.69, 9.17) is 0 Å². The molecule has 15 heavy (non-hydrogen) atoms. The molecule has 0 bridgehead atoms. The average molecular weight is 220 g/mol. The number of carbonyl (C=O) groups excluding carboxylic acids is 1. The number of thiol groups is 1. The predicted octanol–water partition coefficient (Wildman–Crippen LogP) is 3.73. The minimum Gasteiger partial charge on any atom is -0.298 e. The summed E-state index contributed by atoms with van der Waals surface area (Å²) in [6.07, 6.45) is 2.91.